The summed E-state index contributed by atoms with van der Waals surface area (Å²) in [5, 5.41) is 0. The van der Waals surface area contributed by atoms with Gasteiger partial charge in [0.1, 0.15) is 0 Å². The highest BCUT2D eigenvalue weighted by atomic mass is 19.4. The summed E-state index contributed by atoms with van der Waals surface area (Å²) in [5.41, 5.74) is 0. The number of rotatable bonds is 0. The molecular formula is C7H11BF3N. The first-order valence-corrected chi connectivity index (χ1v) is 3.92. The molecule has 0 aromatic carbocycles. The molecule has 68 valence electrons. The van der Waals surface area contributed by atoms with Crippen molar-refractivity contribution in [2.24, 2.45) is 5.92 Å². The Bertz CT molecular complexity index is 159. The summed E-state index contributed by atoms with van der Waals surface area (Å²) >= 11 is 0. The fraction of sp³-hybridized carbons (Fsp3) is 1.00. The molecule has 0 saturated carbocycles. The van der Waals surface area contributed by atoms with Crippen molar-refractivity contribution in [3.63, 3.8) is 0 Å². The van der Waals surface area contributed by atoms with E-state index >= 15 is 0 Å². The first kappa shape index (κ1) is 9.90. The van der Waals surface area contributed by atoms with Crippen LogP contribution < -0.4 is 0 Å². The number of piperidine rings is 1. The smallest absolute Gasteiger partial charge is 0.307 e. The highest BCUT2D eigenvalue weighted by molar-refractivity contribution is 6.12. The van der Waals surface area contributed by atoms with Crippen molar-refractivity contribution < 1.29 is 13.2 Å². The molecule has 0 aromatic rings. The molecule has 2 radical (unpaired) electrons. The SMILES string of the molecule is [B]C1CN(C)CCC1C(F)(F)F. The molecule has 1 aliphatic rings. The van der Waals surface area contributed by atoms with Crippen LogP contribution in [0.5, 0.6) is 0 Å². The van der Waals surface area contributed by atoms with Gasteiger partial charge in [0.25, 0.3) is 0 Å². The number of nitrogens with zero attached hydrogens (tertiary/aromatic N) is 1. The largest absolute Gasteiger partial charge is 0.391 e. The van der Waals surface area contributed by atoms with Gasteiger partial charge in [-0.25, -0.2) is 0 Å². The van der Waals surface area contributed by atoms with Crippen LogP contribution in [0.2, 0.25) is 5.82 Å². The Morgan fingerprint density at radius 1 is 1.42 bits per heavy atom. The van der Waals surface area contributed by atoms with Gasteiger partial charge in [0.05, 0.1) is 13.8 Å². The fourth-order valence-electron chi connectivity index (χ4n) is 1.56. The van der Waals surface area contributed by atoms with E-state index in [1.165, 1.54) is 0 Å². The maximum atomic E-state index is 12.2. The van der Waals surface area contributed by atoms with Gasteiger partial charge in [-0.05, 0) is 26.6 Å². The zero-order valence-corrected chi connectivity index (χ0v) is 6.93. The van der Waals surface area contributed by atoms with Crippen LogP contribution in [0.4, 0.5) is 13.2 Å². The molecule has 2 atom stereocenters. The maximum Gasteiger partial charge on any atom is 0.391 e. The Morgan fingerprint density at radius 3 is 2.42 bits per heavy atom. The topological polar surface area (TPSA) is 3.24 Å². The second-order valence-electron chi connectivity index (χ2n) is 3.36. The Labute approximate surface area is 71.3 Å². The lowest BCUT2D eigenvalue weighted by Gasteiger charge is -2.36. The lowest BCUT2D eigenvalue weighted by atomic mass is 9.72. The van der Waals surface area contributed by atoms with Gasteiger partial charge in [-0.15, -0.1) is 0 Å². The van der Waals surface area contributed by atoms with Gasteiger partial charge < -0.3 is 4.90 Å². The van der Waals surface area contributed by atoms with Crippen LogP contribution >= 0.6 is 0 Å². The van der Waals surface area contributed by atoms with E-state index in [1.54, 1.807) is 7.05 Å². The van der Waals surface area contributed by atoms with Crippen molar-refractivity contribution in [2.75, 3.05) is 20.1 Å². The summed E-state index contributed by atoms with van der Waals surface area (Å²) in [6.45, 7) is 0.821. The van der Waals surface area contributed by atoms with E-state index in [1.807, 2.05) is 4.90 Å². The van der Waals surface area contributed by atoms with Crippen LogP contribution in [-0.2, 0) is 0 Å². The third kappa shape index (κ3) is 2.15. The lowest BCUT2D eigenvalue weighted by molar-refractivity contribution is -0.183. The zero-order valence-electron chi connectivity index (χ0n) is 6.93. The summed E-state index contributed by atoms with van der Waals surface area (Å²) in [5.74, 6) is -2.07. The van der Waals surface area contributed by atoms with Crippen molar-refractivity contribution in [1.29, 1.82) is 0 Å². The van der Waals surface area contributed by atoms with Crippen molar-refractivity contribution in [3.8, 4) is 0 Å². The van der Waals surface area contributed by atoms with Crippen molar-refractivity contribution >= 4 is 7.85 Å². The van der Waals surface area contributed by atoms with Crippen LogP contribution in [0.1, 0.15) is 6.42 Å². The molecule has 12 heavy (non-hydrogen) atoms. The first-order valence-electron chi connectivity index (χ1n) is 3.92. The number of halogens is 3. The van der Waals surface area contributed by atoms with Gasteiger partial charge >= 0.3 is 6.18 Å². The van der Waals surface area contributed by atoms with Gasteiger partial charge in [0, 0.05) is 0 Å². The molecule has 1 nitrogen and oxygen atoms in total. The highest BCUT2D eigenvalue weighted by Gasteiger charge is 2.44. The average Bonchev–Trinajstić information content (AvgIpc) is 1.83. The minimum atomic E-state index is -4.12. The van der Waals surface area contributed by atoms with Crippen LogP contribution in [0, 0.1) is 5.92 Å². The molecule has 1 fully saturated rings. The van der Waals surface area contributed by atoms with Crippen molar-refractivity contribution in [2.45, 2.75) is 18.4 Å². The molecule has 0 aliphatic carbocycles. The quantitative estimate of drug-likeness (QED) is 0.506. The average molecular weight is 177 g/mol. The summed E-state index contributed by atoms with van der Waals surface area (Å²) in [6.07, 6.45) is -4.00. The normalized spacial score (nSPS) is 33.7. The third-order valence-corrected chi connectivity index (χ3v) is 2.28. The Balaban J connectivity index is 2.57. The molecule has 1 aliphatic heterocycles. The molecule has 2 unspecified atom stereocenters. The maximum absolute atomic E-state index is 12.2. The second-order valence-corrected chi connectivity index (χ2v) is 3.36. The van der Waals surface area contributed by atoms with E-state index in [0.29, 0.717) is 13.1 Å². The van der Waals surface area contributed by atoms with Crippen LogP contribution in [-0.4, -0.2) is 39.1 Å². The minimum Gasteiger partial charge on any atom is -0.307 e. The monoisotopic (exact) mass is 177 g/mol. The second kappa shape index (κ2) is 3.28. The Kier molecular flexibility index (Phi) is 2.71. The van der Waals surface area contributed by atoms with Gasteiger partial charge in [-0.1, -0.05) is 5.82 Å². The van der Waals surface area contributed by atoms with Crippen molar-refractivity contribution in [1.82, 2.24) is 4.90 Å². The van der Waals surface area contributed by atoms with Gasteiger partial charge in [-0.3, -0.25) is 0 Å². The van der Waals surface area contributed by atoms with E-state index in [2.05, 4.69) is 0 Å². The van der Waals surface area contributed by atoms with Crippen LogP contribution in [0.25, 0.3) is 0 Å². The number of likely N-dealkylation sites (tertiary alicyclic amines) is 1. The lowest BCUT2D eigenvalue weighted by Crippen LogP contribution is -2.41. The summed E-state index contributed by atoms with van der Waals surface area (Å²) in [7, 11) is 7.18. The van der Waals surface area contributed by atoms with Crippen molar-refractivity contribution in [3.05, 3.63) is 0 Å². The first-order chi connectivity index (χ1) is 5.41. The summed E-state index contributed by atoms with van der Waals surface area (Å²) < 4.78 is 36.7. The number of hydrogen-bond donors (Lipinski definition) is 0. The molecule has 0 spiro atoms. The van der Waals surface area contributed by atoms with E-state index in [9.17, 15) is 13.2 Å². The molecule has 1 saturated heterocycles. The molecule has 0 N–H and O–H groups in total. The molecule has 1 rings (SSSR count). The predicted molar refractivity (Wildman–Crippen MR) is 41.2 cm³/mol. The Morgan fingerprint density at radius 2 is 2.00 bits per heavy atom. The molecule has 1 heterocycles. The van der Waals surface area contributed by atoms with E-state index in [-0.39, 0.29) is 6.42 Å². The Hall–Kier alpha value is -0.185. The molecule has 0 aromatic heterocycles. The van der Waals surface area contributed by atoms with Gasteiger partial charge in [0.2, 0.25) is 0 Å². The van der Waals surface area contributed by atoms with Crippen LogP contribution in [0.3, 0.4) is 0 Å². The van der Waals surface area contributed by atoms with E-state index in [0.717, 1.165) is 0 Å². The summed E-state index contributed by atoms with van der Waals surface area (Å²) in [6, 6.07) is 0. The molecule has 0 bridgehead atoms. The summed E-state index contributed by atoms with van der Waals surface area (Å²) in [4.78, 5) is 1.83. The highest BCUT2D eigenvalue weighted by Crippen LogP contribution is 2.38. The van der Waals surface area contributed by atoms with E-state index < -0.39 is 17.9 Å². The molecule has 5 heteroatoms. The van der Waals surface area contributed by atoms with Crippen LogP contribution in [0.15, 0.2) is 0 Å². The molecular weight excluding hydrogens is 166 g/mol. The molecule has 0 amide bonds. The minimum absolute atomic E-state index is 0.126. The van der Waals surface area contributed by atoms with Gasteiger partial charge in [-0.2, -0.15) is 13.2 Å². The fourth-order valence-corrected chi connectivity index (χ4v) is 1.56. The number of alkyl halides is 3. The predicted octanol–water partition coefficient (Wildman–Crippen LogP) is 1.46. The standard InChI is InChI=1S/C7H11BF3N/c1-12-3-2-5(6(8)4-12)7(9,10)11/h5-6H,2-4H2,1H3. The van der Waals surface area contributed by atoms with Gasteiger partial charge in [0.15, 0.2) is 0 Å². The number of hydrogen-bond acceptors (Lipinski definition) is 1. The van der Waals surface area contributed by atoms with E-state index in [4.69, 9.17) is 7.85 Å². The zero-order chi connectivity index (χ0) is 9.35. The third-order valence-electron chi connectivity index (χ3n) is 2.28.